The molecule has 1 aliphatic rings. The molecule has 0 saturated heterocycles. The van der Waals surface area contributed by atoms with Crippen LogP contribution < -0.4 is 5.32 Å². The van der Waals surface area contributed by atoms with E-state index < -0.39 is 0 Å². The van der Waals surface area contributed by atoms with Crippen LogP contribution in [-0.4, -0.2) is 24.9 Å². The molecule has 1 aliphatic carbocycles. The van der Waals surface area contributed by atoms with Gasteiger partial charge in [-0.25, -0.2) is 0 Å². The molecule has 1 fully saturated rings. The third-order valence-corrected chi connectivity index (χ3v) is 3.39. The van der Waals surface area contributed by atoms with Crippen molar-refractivity contribution in [2.45, 2.75) is 32.2 Å². The van der Waals surface area contributed by atoms with Gasteiger partial charge in [-0.1, -0.05) is 19.1 Å². The van der Waals surface area contributed by atoms with Crippen LogP contribution in [0.4, 0.5) is 0 Å². The first-order valence-corrected chi connectivity index (χ1v) is 6.89. The molecule has 3 nitrogen and oxygen atoms in total. The summed E-state index contributed by atoms with van der Waals surface area (Å²) >= 11 is 0. The summed E-state index contributed by atoms with van der Waals surface area (Å²) in [6, 6.07) is 7.77. The van der Waals surface area contributed by atoms with E-state index in [0.717, 1.165) is 32.1 Å². The summed E-state index contributed by atoms with van der Waals surface area (Å²) in [6.45, 7) is 4.75. The summed E-state index contributed by atoms with van der Waals surface area (Å²) in [4.78, 5) is 0. The molecule has 1 unspecified atom stereocenters. The summed E-state index contributed by atoms with van der Waals surface area (Å²) in [5.74, 6) is 1.16. The highest BCUT2D eigenvalue weighted by molar-refractivity contribution is 5.27. The largest absolute Gasteiger partial charge is 0.508 e. The highest BCUT2D eigenvalue weighted by Crippen LogP contribution is 2.28. The maximum atomic E-state index is 9.27. The minimum atomic E-state index is 0.321. The van der Waals surface area contributed by atoms with Gasteiger partial charge >= 0.3 is 0 Å². The highest BCUT2D eigenvalue weighted by Gasteiger charge is 2.20. The van der Waals surface area contributed by atoms with Gasteiger partial charge < -0.3 is 15.2 Å². The molecule has 0 spiro atoms. The molecule has 3 heteroatoms. The van der Waals surface area contributed by atoms with E-state index in [0.29, 0.717) is 11.8 Å². The van der Waals surface area contributed by atoms with Crippen LogP contribution in [0, 0.1) is 5.92 Å². The number of benzene rings is 1. The Kier molecular flexibility index (Phi) is 5.02. The Morgan fingerprint density at radius 1 is 1.33 bits per heavy atom. The van der Waals surface area contributed by atoms with Crippen molar-refractivity contribution in [1.29, 1.82) is 0 Å². The lowest BCUT2D eigenvalue weighted by Gasteiger charge is -2.17. The van der Waals surface area contributed by atoms with E-state index in [-0.39, 0.29) is 0 Å². The first-order chi connectivity index (χ1) is 8.79. The molecule has 2 N–H and O–H groups in total. The average Bonchev–Trinajstić information content (AvgIpc) is 3.19. The number of phenols is 1. The van der Waals surface area contributed by atoms with Crippen molar-refractivity contribution in [2.75, 3.05) is 19.8 Å². The smallest absolute Gasteiger partial charge is 0.115 e. The second-order valence-corrected chi connectivity index (χ2v) is 5.02. The molecular weight excluding hydrogens is 226 g/mol. The van der Waals surface area contributed by atoms with Gasteiger partial charge in [0.05, 0.1) is 6.61 Å². The van der Waals surface area contributed by atoms with Crippen LogP contribution in [0.3, 0.4) is 0 Å². The molecule has 2 rings (SSSR count). The Hall–Kier alpha value is -1.06. The molecule has 1 saturated carbocycles. The fourth-order valence-corrected chi connectivity index (χ4v) is 2.04. The van der Waals surface area contributed by atoms with Gasteiger partial charge in [0, 0.05) is 19.2 Å². The van der Waals surface area contributed by atoms with Gasteiger partial charge in [-0.3, -0.25) is 0 Å². The molecule has 1 aromatic rings. The predicted octanol–water partition coefficient (Wildman–Crippen LogP) is 2.86. The van der Waals surface area contributed by atoms with Gasteiger partial charge in [-0.15, -0.1) is 0 Å². The topological polar surface area (TPSA) is 41.5 Å². The number of hydrogen-bond acceptors (Lipinski definition) is 3. The van der Waals surface area contributed by atoms with Crippen molar-refractivity contribution >= 4 is 0 Å². The second kappa shape index (κ2) is 6.76. The van der Waals surface area contributed by atoms with Crippen LogP contribution in [0.1, 0.15) is 37.8 Å². The van der Waals surface area contributed by atoms with Crippen LogP contribution in [0.15, 0.2) is 24.3 Å². The standard InChI is InChI=1S/C15H23NO2/c1-2-15(13-5-7-14(17)8-6-13)16-9-10-18-11-12-3-4-12/h5-8,12,15-17H,2-4,9-11H2,1H3. The van der Waals surface area contributed by atoms with Gasteiger partial charge in [0.25, 0.3) is 0 Å². The van der Waals surface area contributed by atoms with Gasteiger partial charge in [-0.05, 0) is 42.9 Å². The van der Waals surface area contributed by atoms with E-state index in [9.17, 15) is 5.11 Å². The Morgan fingerprint density at radius 2 is 2.06 bits per heavy atom. The van der Waals surface area contributed by atoms with E-state index >= 15 is 0 Å². The van der Waals surface area contributed by atoms with Crippen LogP contribution in [-0.2, 0) is 4.74 Å². The Bertz CT molecular complexity index is 346. The van der Waals surface area contributed by atoms with E-state index in [1.807, 2.05) is 12.1 Å². The normalized spacial score (nSPS) is 16.7. The average molecular weight is 249 g/mol. The van der Waals surface area contributed by atoms with Crippen molar-refractivity contribution in [2.24, 2.45) is 5.92 Å². The molecule has 1 aromatic carbocycles. The quantitative estimate of drug-likeness (QED) is 0.696. The molecular formula is C15H23NO2. The number of nitrogens with one attached hydrogen (secondary N) is 1. The highest BCUT2D eigenvalue weighted by atomic mass is 16.5. The lowest BCUT2D eigenvalue weighted by molar-refractivity contribution is 0.124. The van der Waals surface area contributed by atoms with E-state index in [1.165, 1.54) is 18.4 Å². The Balaban J connectivity index is 1.68. The summed E-state index contributed by atoms with van der Waals surface area (Å²) in [5, 5.41) is 12.8. The van der Waals surface area contributed by atoms with Gasteiger partial charge in [-0.2, -0.15) is 0 Å². The van der Waals surface area contributed by atoms with Crippen molar-refractivity contribution in [3.05, 3.63) is 29.8 Å². The van der Waals surface area contributed by atoms with Crippen LogP contribution >= 0.6 is 0 Å². The maximum absolute atomic E-state index is 9.27. The lowest BCUT2D eigenvalue weighted by Crippen LogP contribution is -2.25. The lowest BCUT2D eigenvalue weighted by atomic mass is 10.0. The van der Waals surface area contributed by atoms with Crippen LogP contribution in [0.25, 0.3) is 0 Å². The molecule has 0 radical (unpaired) electrons. The molecule has 0 heterocycles. The molecule has 100 valence electrons. The zero-order chi connectivity index (χ0) is 12.8. The summed E-state index contributed by atoms with van der Waals surface area (Å²) in [6.07, 6.45) is 3.73. The van der Waals surface area contributed by atoms with Crippen molar-refractivity contribution in [3.63, 3.8) is 0 Å². The molecule has 0 bridgehead atoms. The van der Waals surface area contributed by atoms with Crippen LogP contribution in [0.2, 0.25) is 0 Å². The SMILES string of the molecule is CCC(NCCOCC1CC1)c1ccc(O)cc1. The van der Waals surface area contributed by atoms with Gasteiger partial charge in [0.1, 0.15) is 5.75 Å². The van der Waals surface area contributed by atoms with Crippen molar-refractivity contribution < 1.29 is 9.84 Å². The number of aromatic hydroxyl groups is 1. The third-order valence-electron chi connectivity index (χ3n) is 3.39. The predicted molar refractivity (Wildman–Crippen MR) is 72.7 cm³/mol. The van der Waals surface area contributed by atoms with E-state index in [2.05, 4.69) is 12.2 Å². The number of phenolic OH excluding ortho intramolecular Hbond substituents is 1. The van der Waals surface area contributed by atoms with E-state index in [4.69, 9.17) is 4.74 Å². The number of rotatable bonds is 8. The molecule has 1 atom stereocenters. The fraction of sp³-hybridized carbons (Fsp3) is 0.600. The molecule has 0 amide bonds. The first-order valence-electron chi connectivity index (χ1n) is 6.89. The monoisotopic (exact) mass is 249 g/mol. The van der Waals surface area contributed by atoms with Gasteiger partial charge in [0.2, 0.25) is 0 Å². The summed E-state index contributed by atoms with van der Waals surface area (Å²) in [5.41, 5.74) is 1.22. The van der Waals surface area contributed by atoms with Gasteiger partial charge in [0.15, 0.2) is 0 Å². The molecule has 18 heavy (non-hydrogen) atoms. The van der Waals surface area contributed by atoms with Crippen molar-refractivity contribution in [3.8, 4) is 5.75 Å². The van der Waals surface area contributed by atoms with Crippen molar-refractivity contribution in [1.82, 2.24) is 5.32 Å². The minimum absolute atomic E-state index is 0.321. The third kappa shape index (κ3) is 4.31. The Labute approximate surface area is 109 Å². The molecule has 0 aliphatic heterocycles. The minimum Gasteiger partial charge on any atom is -0.508 e. The second-order valence-electron chi connectivity index (χ2n) is 5.02. The zero-order valence-corrected chi connectivity index (χ0v) is 11.1. The number of ether oxygens (including phenoxy) is 1. The zero-order valence-electron chi connectivity index (χ0n) is 11.1. The first kappa shape index (κ1) is 13.4. The van der Waals surface area contributed by atoms with Crippen LogP contribution in [0.5, 0.6) is 5.75 Å². The fourth-order valence-electron chi connectivity index (χ4n) is 2.04. The maximum Gasteiger partial charge on any atom is 0.115 e. The summed E-state index contributed by atoms with van der Waals surface area (Å²) in [7, 11) is 0. The van der Waals surface area contributed by atoms with E-state index in [1.54, 1.807) is 12.1 Å². The summed E-state index contributed by atoms with van der Waals surface area (Å²) < 4.78 is 5.60. The molecule has 0 aromatic heterocycles. The Morgan fingerprint density at radius 3 is 2.67 bits per heavy atom. The number of hydrogen-bond donors (Lipinski definition) is 2.